The highest BCUT2D eigenvalue weighted by Gasteiger charge is 2.04. The lowest BCUT2D eigenvalue weighted by Crippen LogP contribution is -2.28. The summed E-state index contributed by atoms with van der Waals surface area (Å²) < 4.78 is 0. The Morgan fingerprint density at radius 3 is 2.62 bits per heavy atom. The molecule has 7 N–H and O–H groups in total. The van der Waals surface area contributed by atoms with E-state index in [0.29, 0.717) is 19.0 Å². The first-order valence-electron chi connectivity index (χ1n) is 8.22. The van der Waals surface area contributed by atoms with Gasteiger partial charge in [-0.2, -0.15) is 4.99 Å². The number of carbonyl (C=O) groups excluding carboxylic acids is 1. The van der Waals surface area contributed by atoms with E-state index in [2.05, 4.69) is 25.6 Å². The fraction of sp³-hybridized carbons (Fsp3) is 0.294. The largest absolute Gasteiger partial charge is 0.396 e. The Hall–Kier alpha value is -3.20. The number of aliphatic imine (C=N–C) groups is 1. The SMILES string of the molecule is NC(N)=NC(=O)NCc1cccc(-c2cnc(NCCCCO)nc2)c1. The molecule has 1 aromatic heterocycles. The number of anilines is 1. The number of urea groups is 1. The van der Waals surface area contributed by atoms with Crippen molar-refractivity contribution >= 4 is 17.9 Å². The molecule has 0 radical (unpaired) electrons. The van der Waals surface area contributed by atoms with E-state index in [-0.39, 0.29) is 12.6 Å². The maximum Gasteiger partial charge on any atom is 0.344 e. The summed E-state index contributed by atoms with van der Waals surface area (Å²) in [6, 6.07) is 7.06. The first kappa shape index (κ1) is 19.1. The van der Waals surface area contributed by atoms with Crippen molar-refractivity contribution in [3.05, 3.63) is 42.2 Å². The molecule has 0 fully saturated rings. The van der Waals surface area contributed by atoms with E-state index in [1.54, 1.807) is 12.4 Å². The van der Waals surface area contributed by atoms with E-state index in [9.17, 15) is 4.79 Å². The number of aromatic nitrogens is 2. The predicted molar refractivity (Wildman–Crippen MR) is 100 cm³/mol. The van der Waals surface area contributed by atoms with Crippen molar-refractivity contribution in [1.82, 2.24) is 15.3 Å². The van der Waals surface area contributed by atoms with Gasteiger partial charge in [-0.3, -0.25) is 0 Å². The zero-order valence-corrected chi connectivity index (χ0v) is 14.4. The van der Waals surface area contributed by atoms with Crippen LogP contribution in [0.3, 0.4) is 0 Å². The van der Waals surface area contributed by atoms with Crippen molar-refractivity contribution in [1.29, 1.82) is 0 Å². The van der Waals surface area contributed by atoms with Crippen LogP contribution in [0.15, 0.2) is 41.7 Å². The quantitative estimate of drug-likeness (QED) is 0.266. The van der Waals surface area contributed by atoms with E-state index in [1.165, 1.54) is 0 Å². The first-order chi connectivity index (χ1) is 12.6. The number of hydrogen-bond acceptors (Lipinski definition) is 5. The van der Waals surface area contributed by atoms with Crippen molar-refractivity contribution < 1.29 is 9.90 Å². The van der Waals surface area contributed by atoms with E-state index < -0.39 is 6.03 Å². The normalized spacial score (nSPS) is 10.2. The third-order valence-corrected chi connectivity index (χ3v) is 3.45. The Morgan fingerprint density at radius 1 is 1.15 bits per heavy atom. The molecule has 2 amide bonds. The Kier molecular flexibility index (Phi) is 7.31. The number of nitrogens with zero attached hydrogens (tertiary/aromatic N) is 3. The number of aliphatic hydroxyl groups excluding tert-OH is 1. The van der Waals surface area contributed by atoms with Crippen LogP contribution in [-0.4, -0.2) is 40.2 Å². The lowest BCUT2D eigenvalue weighted by molar-refractivity contribution is 0.249. The molecule has 0 spiro atoms. The van der Waals surface area contributed by atoms with Crippen LogP contribution in [0.25, 0.3) is 11.1 Å². The highest BCUT2D eigenvalue weighted by Crippen LogP contribution is 2.19. The van der Waals surface area contributed by atoms with Crippen LogP contribution < -0.4 is 22.1 Å². The fourth-order valence-electron chi connectivity index (χ4n) is 2.20. The number of aliphatic hydroxyl groups is 1. The van der Waals surface area contributed by atoms with Crippen LogP contribution in [0.2, 0.25) is 0 Å². The van der Waals surface area contributed by atoms with Crippen molar-refractivity contribution in [3.63, 3.8) is 0 Å². The van der Waals surface area contributed by atoms with Gasteiger partial charge in [0.2, 0.25) is 5.95 Å². The number of carbonyl (C=O) groups is 1. The van der Waals surface area contributed by atoms with Crippen LogP contribution in [0.5, 0.6) is 0 Å². The van der Waals surface area contributed by atoms with E-state index >= 15 is 0 Å². The monoisotopic (exact) mass is 357 g/mol. The van der Waals surface area contributed by atoms with Gasteiger partial charge in [-0.05, 0) is 30.0 Å². The second-order valence-corrected chi connectivity index (χ2v) is 5.55. The van der Waals surface area contributed by atoms with Gasteiger partial charge in [-0.1, -0.05) is 18.2 Å². The van der Waals surface area contributed by atoms with E-state index in [0.717, 1.165) is 29.5 Å². The number of hydrogen-bond donors (Lipinski definition) is 5. The minimum Gasteiger partial charge on any atom is -0.396 e. The number of rotatable bonds is 8. The second-order valence-electron chi connectivity index (χ2n) is 5.55. The highest BCUT2D eigenvalue weighted by atomic mass is 16.2. The van der Waals surface area contributed by atoms with E-state index in [4.69, 9.17) is 16.6 Å². The molecular formula is C17H23N7O2. The number of guanidine groups is 1. The molecule has 0 saturated carbocycles. The summed E-state index contributed by atoms with van der Waals surface area (Å²) in [4.78, 5) is 23.4. The molecule has 0 atom stereocenters. The highest BCUT2D eigenvalue weighted by molar-refractivity contribution is 5.90. The number of nitrogens with one attached hydrogen (secondary N) is 2. The van der Waals surface area contributed by atoms with Gasteiger partial charge in [0.1, 0.15) is 0 Å². The molecule has 26 heavy (non-hydrogen) atoms. The molecule has 2 rings (SSSR count). The Labute approximate surface area is 151 Å². The zero-order valence-electron chi connectivity index (χ0n) is 14.4. The molecule has 0 aliphatic carbocycles. The summed E-state index contributed by atoms with van der Waals surface area (Å²) >= 11 is 0. The third-order valence-electron chi connectivity index (χ3n) is 3.45. The molecule has 0 bridgehead atoms. The zero-order chi connectivity index (χ0) is 18.8. The van der Waals surface area contributed by atoms with Gasteiger partial charge in [-0.15, -0.1) is 0 Å². The summed E-state index contributed by atoms with van der Waals surface area (Å²) in [5.74, 6) is 0.269. The molecule has 0 saturated heterocycles. The van der Waals surface area contributed by atoms with Crippen molar-refractivity contribution in [3.8, 4) is 11.1 Å². The molecule has 0 unspecified atom stereocenters. The fourth-order valence-corrected chi connectivity index (χ4v) is 2.20. The molecule has 9 nitrogen and oxygen atoms in total. The topological polar surface area (TPSA) is 152 Å². The van der Waals surface area contributed by atoms with Crippen LogP contribution in [0.1, 0.15) is 18.4 Å². The van der Waals surface area contributed by atoms with Crippen molar-refractivity contribution in [2.45, 2.75) is 19.4 Å². The summed E-state index contributed by atoms with van der Waals surface area (Å²) in [6.45, 7) is 1.20. The minimum atomic E-state index is -0.588. The lowest BCUT2D eigenvalue weighted by Gasteiger charge is -2.07. The Bertz CT molecular complexity index is 743. The van der Waals surface area contributed by atoms with Gasteiger partial charge in [0.15, 0.2) is 5.96 Å². The summed E-state index contributed by atoms with van der Waals surface area (Å²) in [5, 5.41) is 14.5. The number of unbranched alkanes of at least 4 members (excludes halogenated alkanes) is 1. The van der Waals surface area contributed by atoms with Gasteiger partial charge < -0.3 is 27.2 Å². The van der Waals surface area contributed by atoms with Crippen molar-refractivity contribution in [2.24, 2.45) is 16.5 Å². The molecular weight excluding hydrogens is 334 g/mol. The maximum absolute atomic E-state index is 11.4. The van der Waals surface area contributed by atoms with Crippen LogP contribution in [0.4, 0.5) is 10.7 Å². The van der Waals surface area contributed by atoms with Crippen LogP contribution in [-0.2, 0) is 6.54 Å². The maximum atomic E-state index is 11.4. The second kappa shape index (κ2) is 9.94. The summed E-state index contributed by atoms with van der Waals surface area (Å²) in [6.07, 6.45) is 5.07. The van der Waals surface area contributed by atoms with Crippen LogP contribution in [0, 0.1) is 0 Å². The molecule has 138 valence electrons. The number of nitrogens with two attached hydrogens (primary N) is 2. The van der Waals surface area contributed by atoms with Crippen LogP contribution >= 0.6 is 0 Å². The summed E-state index contributed by atoms with van der Waals surface area (Å²) in [5.41, 5.74) is 13.0. The first-order valence-corrected chi connectivity index (χ1v) is 8.22. The molecule has 9 heteroatoms. The Balaban J connectivity index is 1.96. The molecule has 0 aliphatic rings. The average Bonchev–Trinajstić information content (AvgIpc) is 2.64. The third kappa shape index (κ3) is 6.36. The minimum absolute atomic E-state index is 0.185. The predicted octanol–water partition coefficient (Wildman–Crippen LogP) is 0.811. The molecule has 2 aromatic rings. The lowest BCUT2D eigenvalue weighted by atomic mass is 10.1. The number of benzene rings is 1. The van der Waals surface area contributed by atoms with Gasteiger partial charge in [-0.25, -0.2) is 14.8 Å². The Morgan fingerprint density at radius 2 is 1.92 bits per heavy atom. The van der Waals surface area contributed by atoms with Gasteiger partial charge in [0.05, 0.1) is 0 Å². The smallest absolute Gasteiger partial charge is 0.344 e. The van der Waals surface area contributed by atoms with Gasteiger partial charge in [0.25, 0.3) is 0 Å². The van der Waals surface area contributed by atoms with Crippen molar-refractivity contribution in [2.75, 3.05) is 18.5 Å². The standard InChI is InChI=1S/C17H23N7O2/c18-15(19)24-17(26)23-9-12-4-3-5-13(8-12)14-10-21-16(22-11-14)20-6-1-2-7-25/h3-5,8,10-11,25H,1-2,6-7,9H2,(H,20,21,22)(H5,18,19,23,24,26). The summed E-state index contributed by atoms with van der Waals surface area (Å²) in [7, 11) is 0. The number of amides is 2. The molecule has 0 aliphatic heterocycles. The molecule has 1 aromatic carbocycles. The average molecular weight is 357 g/mol. The van der Waals surface area contributed by atoms with Gasteiger partial charge >= 0.3 is 6.03 Å². The van der Waals surface area contributed by atoms with Gasteiger partial charge in [0, 0.05) is 37.7 Å². The molecule has 1 heterocycles. The van der Waals surface area contributed by atoms with E-state index in [1.807, 2.05) is 24.3 Å².